The standard InChI is InChI=1S/C17H18FN3O3/c18-15-8-6-14(7-9-15)16(22)19-10-11-20-17(23)21-24-12-13-4-2-1-3-5-13/h1-9H,10-12H2,(H,19,22)(H2,20,21,23). The average Bonchev–Trinajstić information content (AvgIpc) is 2.60. The molecule has 0 saturated carbocycles. The van der Waals surface area contributed by atoms with Gasteiger partial charge in [0.25, 0.3) is 5.91 Å². The Morgan fingerprint density at radius 3 is 2.29 bits per heavy atom. The molecular weight excluding hydrogens is 313 g/mol. The number of halogens is 1. The number of rotatable bonds is 7. The van der Waals surface area contributed by atoms with Crippen LogP contribution in [0.4, 0.5) is 9.18 Å². The van der Waals surface area contributed by atoms with Crippen LogP contribution < -0.4 is 16.1 Å². The molecule has 0 heterocycles. The van der Waals surface area contributed by atoms with E-state index in [1.54, 1.807) is 0 Å². The summed E-state index contributed by atoms with van der Waals surface area (Å²) in [6.07, 6.45) is 0. The van der Waals surface area contributed by atoms with E-state index in [9.17, 15) is 14.0 Å². The summed E-state index contributed by atoms with van der Waals surface area (Å²) < 4.78 is 12.8. The Kier molecular flexibility index (Phi) is 6.73. The van der Waals surface area contributed by atoms with Crippen LogP contribution in [0, 0.1) is 5.82 Å². The predicted molar refractivity (Wildman–Crippen MR) is 86.5 cm³/mol. The van der Waals surface area contributed by atoms with Gasteiger partial charge in [-0.1, -0.05) is 30.3 Å². The number of hydroxylamine groups is 1. The van der Waals surface area contributed by atoms with Gasteiger partial charge in [-0.15, -0.1) is 0 Å². The molecule has 2 aromatic rings. The number of hydrogen-bond acceptors (Lipinski definition) is 3. The Labute approximate surface area is 139 Å². The van der Waals surface area contributed by atoms with Crippen LogP contribution in [-0.4, -0.2) is 25.0 Å². The molecule has 0 spiro atoms. The van der Waals surface area contributed by atoms with Crippen molar-refractivity contribution in [1.82, 2.24) is 16.1 Å². The molecule has 0 saturated heterocycles. The number of carbonyl (C=O) groups excluding carboxylic acids is 2. The molecule has 0 aliphatic rings. The summed E-state index contributed by atoms with van der Waals surface area (Å²) >= 11 is 0. The molecule has 126 valence electrons. The smallest absolute Gasteiger partial charge is 0.338 e. The van der Waals surface area contributed by atoms with Crippen molar-refractivity contribution in [2.45, 2.75) is 6.61 Å². The highest BCUT2D eigenvalue weighted by molar-refractivity contribution is 5.94. The maximum atomic E-state index is 12.8. The lowest BCUT2D eigenvalue weighted by Crippen LogP contribution is -2.40. The molecule has 2 rings (SSSR count). The fourth-order valence-electron chi connectivity index (χ4n) is 1.85. The van der Waals surface area contributed by atoms with E-state index in [0.29, 0.717) is 5.56 Å². The van der Waals surface area contributed by atoms with E-state index in [1.807, 2.05) is 30.3 Å². The predicted octanol–water partition coefficient (Wildman–Crippen LogP) is 1.99. The molecule has 0 unspecified atom stereocenters. The lowest BCUT2D eigenvalue weighted by molar-refractivity contribution is 0.0491. The largest absolute Gasteiger partial charge is 0.350 e. The van der Waals surface area contributed by atoms with Gasteiger partial charge in [0.05, 0.1) is 6.61 Å². The van der Waals surface area contributed by atoms with Crippen LogP contribution in [-0.2, 0) is 11.4 Å². The molecule has 0 fully saturated rings. The van der Waals surface area contributed by atoms with Gasteiger partial charge in [-0.05, 0) is 29.8 Å². The first kappa shape index (κ1) is 17.4. The summed E-state index contributed by atoms with van der Waals surface area (Å²) in [6.45, 7) is 0.728. The zero-order chi connectivity index (χ0) is 17.2. The first-order valence-corrected chi connectivity index (χ1v) is 7.38. The van der Waals surface area contributed by atoms with Crippen LogP contribution in [0.5, 0.6) is 0 Å². The van der Waals surface area contributed by atoms with Crippen LogP contribution in [0.25, 0.3) is 0 Å². The zero-order valence-corrected chi connectivity index (χ0v) is 12.9. The molecule has 0 aliphatic carbocycles. The van der Waals surface area contributed by atoms with Gasteiger partial charge in [0, 0.05) is 18.7 Å². The van der Waals surface area contributed by atoms with E-state index < -0.39 is 11.8 Å². The summed E-state index contributed by atoms with van der Waals surface area (Å²) in [5.74, 6) is -0.738. The van der Waals surface area contributed by atoms with Gasteiger partial charge in [-0.25, -0.2) is 14.7 Å². The van der Waals surface area contributed by atoms with Crippen molar-refractivity contribution >= 4 is 11.9 Å². The maximum Gasteiger partial charge on any atom is 0.338 e. The molecule has 7 heteroatoms. The van der Waals surface area contributed by atoms with Crippen molar-refractivity contribution in [1.29, 1.82) is 0 Å². The third-order valence-electron chi connectivity index (χ3n) is 3.05. The Morgan fingerprint density at radius 2 is 1.58 bits per heavy atom. The zero-order valence-electron chi connectivity index (χ0n) is 12.9. The van der Waals surface area contributed by atoms with Crippen molar-refractivity contribution < 1.29 is 18.8 Å². The second-order valence-electron chi connectivity index (χ2n) is 4.90. The number of benzene rings is 2. The molecule has 3 N–H and O–H groups in total. The van der Waals surface area contributed by atoms with Crippen molar-refractivity contribution in [3.05, 3.63) is 71.5 Å². The fraction of sp³-hybridized carbons (Fsp3) is 0.176. The van der Waals surface area contributed by atoms with Gasteiger partial charge in [0.1, 0.15) is 5.82 Å². The lowest BCUT2D eigenvalue weighted by atomic mass is 10.2. The lowest BCUT2D eigenvalue weighted by Gasteiger charge is -2.09. The second-order valence-corrected chi connectivity index (χ2v) is 4.90. The highest BCUT2D eigenvalue weighted by Crippen LogP contribution is 2.02. The minimum atomic E-state index is -0.498. The quantitative estimate of drug-likeness (QED) is 0.536. The third-order valence-corrected chi connectivity index (χ3v) is 3.05. The van der Waals surface area contributed by atoms with Crippen molar-refractivity contribution in [3.8, 4) is 0 Å². The SMILES string of the molecule is O=C(NCCNC(=O)c1ccc(F)cc1)NOCc1ccccc1. The Morgan fingerprint density at radius 1 is 0.917 bits per heavy atom. The molecule has 0 bridgehead atoms. The number of amides is 3. The van der Waals surface area contributed by atoms with E-state index in [2.05, 4.69) is 16.1 Å². The maximum absolute atomic E-state index is 12.8. The monoisotopic (exact) mass is 331 g/mol. The molecule has 0 aromatic heterocycles. The van der Waals surface area contributed by atoms with Gasteiger partial charge in [-0.2, -0.15) is 0 Å². The van der Waals surface area contributed by atoms with E-state index in [4.69, 9.17) is 4.84 Å². The molecule has 0 radical (unpaired) electrons. The van der Waals surface area contributed by atoms with Gasteiger partial charge >= 0.3 is 6.03 Å². The minimum Gasteiger partial charge on any atom is -0.350 e. The Bertz CT molecular complexity index is 663. The molecule has 2 aromatic carbocycles. The number of carbonyl (C=O) groups is 2. The van der Waals surface area contributed by atoms with E-state index in [0.717, 1.165) is 5.56 Å². The van der Waals surface area contributed by atoms with Crippen LogP contribution in [0.15, 0.2) is 54.6 Å². The summed E-state index contributed by atoms with van der Waals surface area (Å²) in [5, 5.41) is 5.15. The van der Waals surface area contributed by atoms with Gasteiger partial charge in [0.2, 0.25) is 0 Å². The van der Waals surface area contributed by atoms with E-state index >= 15 is 0 Å². The van der Waals surface area contributed by atoms with Crippen LogP contribution >= 0.6 is 0 Å². The average molecular weight is 331 g/mol. The van der Waals surface area contributed by atoms with E-state index in [1.165, 1.54) is 24.3 Å². The van der Waals surface area contributed by atoms with Crippen LogP contribution in [0.2, 0.25) is 0 Å². The van der Waals surface area contributed by atoms with Crippen molar-refractivity contribution in [2.24, 2.45) is 0 Å². The third kappa shape index (κ3) is 6.05. The summed E-state index contributed by atoms with van der Waals surface area (Å²) in [5.41, 5.74) is 3.54. The minimum absolute atomic E-state index is 0.230. The molecule has 3 amide bonds. The number of nitrogens with one attached hydrogen (secondary N) is 3. The fourth-order valence-corrected chi connectivity index (χ4v) is 1.85. The first-order chi connectivity index (χ1) is 11.6. The van der Waals surface area contributed by atoms with Gasteiger partial charge < -0.3 is 10.6 Å². The van der Waals surface area contributed by atoms with Crippen LogP contribution in [0.1, 0.15) is 15.9 Å². The summed E-state index contributed by atoms with van der Waals surface area (Å²) in [4.78, 5) is 28.3. The Balaban J connectivity index is 1.57. The van der Waals surface area contributed by atoms with Crippen LogP contribution in [0.3, 0.4) is 0 Å². The normalized spacial score (nSPS) is 10.0. The highest BCUT2D eigenvalue weighted by Gasteiger charge is 2.05. The van der Waals surface area contributed by atoms with Crippen molar-refractivity contribution in [3.63, 3.8) is 0 Å². The van der Waals surface area contributed by atoms with Gasteiger partial charge in [-0.3, -0.25) is 9.63 Å². The Hall–Kier alpha value is -2.93. The van der Waals surface area contributed by atoms with Gasteiger partial charge in [0.15, 0.2) is 0 Å². The molecular formula is C17H18FN3O3. The molecule has 6 nitrogen and oxygen atoms in total. The van der Waals surface area contributed by atoms with E-state index in [-0.39, 0.29) is 25.6 Å². The van der Waals surface area contributed by atoms with Crippen molar-refractivity contribution in [2.75, 3.05) is 13.1 Å². The summed E-state index contributed by atoms with van der Waals surface area (Å²) in [6, 6.07) is 14.1. The second kappa shape index (κ2) is 9.26. The first-order valence-electron chi connectivity index (χ1n) is 7.38. The number of hydrogen-bond donors (Lipinski definition) is 3. The number of urea groups is 1. The highest BCUT2D eigenvalue weighted by atomic mass is 19.1. The molecule has 0 aliphatic heterocycles. The summed E-state index contributed by atoms with van der Waals surface area (Å²) in [7, 11) is 0. The topological polar surface area (TPSA) is 79.5 Å². The molecule has 24 heavy (non-hydrogen) atoms. The molecule has 0 atom stereocenters.